The van der Waals surface area contributed by atoms with Gasteiger partial charge in [0.05, 0.1) is 0 Å². The third-order valence-electron chi connectivity index (χ3n) is 2.51. The van der Waals surface area contributed by atoms with Crippen molar-refractivity contribution in [2.75, 3.05) is 0 Å². The Morgan fingerprint density at radius 3 is 2.57 bits per heavy atom. The van der Waals surface area contributed by atoms with E-state index in [9.17, 15) is 14.7 Å². The highest BCUT2D eigenvalue weighted by Gasteiger charge is 2.20. The molecule has 1 atom stereocenters. The van der Waals surface area contributed by atoms with Gasteiger partial charge in [-0.2, -0.15) is 0 Å². The number of ether oxygens (including phenoxy) is 1. The Morgan fingerprint density at radius 2 is 2.05 bits per heavy atom. The van der Waals surface area contributed by atoms with Crippen molar-refractivity contribution in [2.24, 2.45) is 0 Å². The van der Waals surface area contributed by atoms with Gasteiger partial charge in [0.15, 0.2) is 0 Å². The SMILES string of the molecule is CC(C)(C)OC(=O)N[C@@H](CC(=O)[O-])Cc1cccc(Cl)c1. The maximum atomic E-state index is 11.7. The van der Waals surface area contributed by atoms with Gasteiger partial charge in [-0.25, -0.2) is 4.79 Å². The van der Waals surface area contributed by atoms with E-state index in [0.717, 1.165) is 5.56 Å². The predicted molar refractivity (Wildman–Crippen MR) is 77.9 cm³/mol. The second-order valence-electron chi connectivity index (χ2n) is 5.75. The number of hydrogen-bond donors (Lipinski definition) is 1. The van der Waals surface area contributed by atoms with E-state index in [1.165, 1.54) is 0 Å². The van der Waals surface area contributed by atoms with Crippen LogP contribution in [-0.2, 0) is 16.0 Å². The third-order valence-corrected chi connectivity index (χ3v) is 2.74. The van der Waals surface area contributed by atoms with Crippen LogP contribution in [0.25, 0.3) is 0 Å². The molecule has 0 heterocycles. The lowest BCUT2D eigenvalue weighted by molar-refractivity contribution is -0.306. The topological polar surface area (TPSA) is 78.5 Å². The number of rotatable bonds is 5. The molecule has 1 aromatic rings. The summed E-state index contributed by atoms with van der Waals surface area (Å²) in [6.07, 6.45) is -0.629. The maximum Gasteiger partial charge on any atom is 0.407 e. The molecule has 0 saturated heterocycles. The molecule has 1 amide bonds. The maximum absolute atomic E-state index is 11.7. The third kappa shape index (κ3) is 7.56. The molecule has 5 nitrogen and oxygen atoms in total. The molecule has 0 radical (unpaired) electrons. The van der Waals surface area contributed by atoms with Crippen molar-refractivity contribution in [1.82, 2.24) is 5.32 Å². The minimum absolute atomic E-state index is 0.300. The lowest BCUT2D eigenvalue weighted by Gasteiger charge is -2.24. The Kier molecular flexibility index (Phi) is 6.03. The van der Waals surface area contributed by atoms with Crippen molar-refractivity contribution in [3.63, 3.8) is 0 Å². The van der Waals surface area contributed by atoms with Crippen LogP contribution in [0.15, 0.2) is 24.3 Å². The largest absolute Gasteiger partial charge is 0.550 e. The minimum Gasteiger partial charge on any atom is -0.550 e. The Bertz CT molecular complexity index is 511. The second kappa shape index (κ2) is 7.31. The number of carboxylic acids is 1. The summed E-state index contributed by atoms with van der Waals surface area (Å²) in [5.41, 5.74) is 0.177. The Balaban J connectivity index is 2.72. The summed E-state index contributed by atoms with van der Waals surface area (Å²) in [4.78, 5) is 22.5. The van der Waals surface area contributed by atoms with Gasteiger partial charge >= 0.3 is 6.09 Å². The van der Waals surface area contributed by atoms with E-state index >= 15 is 0 Å². The molecule has 0 saturated carbocycles. The number of alkyl carbamates (subject to hydrolysis) is 1. The monoisotopic (exact) mass is 312 g/mol. The van der Waals surface area contributed by atoms with Crippen LogP contribution in [0.4, 0.5) is 4.79 Å². The van der Waals surface area contributed by atoms with Crippen LogP contribution in [-0.4, -0.2) is 23.7 Å². The van der Waals surface area contributed by atoms with Crippen LogP contribution < -0.4 is 10.4 Å². The van der Waals surface area contributed by atoms with Gasteiger partial charge < -0.3 is 20.0 Å². The van der Waals surface area contributed by atoms with Crippen LogP contribution in [0.3, 0.4) is 0 Å². The average Bonchev–Trinajstić information content (AvgIpc) is 2.24. The normalized spacial score (nSPS) is 12.6. The van der Waals surface area contributed by atoms with E-state index in [1.54, 1.807) is 39.0 Å². The summed E-state index contributed by atoms with van der Waals surface area (Å²) < 4.78 is 5.12. The standard InChI is InChI=1S/C15H20ClNO4/c1-15(2,3)21-14(20)17-12(9-13(18)19)8-10-5-4-6-11(16)7-10/h4-7,12H,8-9H2,1-3H3,(H,17,20)(H,18,19)/p-1/t12-/m1/s1. The average molecular weight is 313 g/mol. The molecule has 116 valence electrons. The number of hydrogen-bond acceptors (Lipinski definition) is 4. The van der Waals surface area contributed by atoms with Crippen LogP contribution in [0.5, 0.6) is 0 Å². The quantitative estimate of drug-likeness (QED) is 0.901. The first-order valence-corrected chi connectivity index (χ1v) is 6.97. The molecule has 0 aromatic heterocycles. The van der Waals surface area contributed by atoms with Crippen molar-refractivity contribution in [2.45, 2.75) is 45.3 Å². The highest BCUT2D eigenvalue weighted by atomic mass is 35.5. The van der Waals surface area contributed by atoms with Crippen molar-refractivity contribution in [1.29, 1.82) is 0 Å². The van der Waals surface area contributed by atoms with E-state index in [-0.39, 0.29) is 6.42 Å². The number of carboxylic acid groups (broad SMARTS) is 1. The fourth-order valence-electron chi connectivity index (χ4n) is 1.80. The van der Waals surface area contributed by atoms with Crippen LogP contribution in [0.1, 0.15) is 32.8 Å². The number of halogens is 1. The molecule has 0 spiro atoms. The molecule has 1 rings (SSSR count). The van der Waals surface area contributed by atoms with E-state index in [1.807, 2.05) is 6.07 Å². The summed E-state index contributed by atoms with van der Waals surface area (Å²) in [5, 5.41) is 13.9. The van der Waals surface area contributed by atoms with E-state index in [4.69, 9.17) is 16.3 Å². The molecule has 0 aliphatic carbocycles. The van der Waals surface area contributed by atoms with Crippen LogP contribution >= 0.6 is 11.6 Å². The lowest BCUT2D eigenvalue weighted by atomic mass is 10.0. The molecule has 0 aliphatic rings. The van der Waals surface area contributed by atoms with E-state index in [0.29, 0.717) is 11.4 Å². The zero-order chi connectivity index (χ0) is 16.0. The van der Waals surface area contributed by atoms with E-state index in [2.05, 4.69) is 5.32 Å². The lowest BCUT2D eigenvalue weighted by Crippen LogP contribution is -2.43. The first kappa shape index (κ1) is 17.3. The second-order valence-corrected chi connectivity index (χ2v) is 6.19. The summed E-state index contributed by atoms with van der Waals surface area (Å²) in [7, 11) is 0. The van der Waals surface area contributed by atoms with Gasteiger partial charge in [-0.05, 0) is 44.9 Å². The molecule has 1 N–H and O–H groups in total. The molecule has 6 heteroatoms. The van der Waals surface area contributed by atoms with Gasteiger partial charge in [-0.15, -0.1) is 0 Å². The zero-order valence-corrected chi connectivity index (χ0v) is 13.1. The minimum atomic E-state index is -1.24. The Morgan fingerprint density at radius 1 is 1.38 bits per heavy atom. The number of nitrogens with one attached hydrogen (secondary N) is 1. The van der Waals surface area contributed by atoms with E-state index < -0.39 is 23.7 Å². The number of aliphatic carboxylic acids is 1. The van der Waals surface area contributed by atoms with Gasteiger partial charge in [0.1, 0.15) is 5.60 Å². The Hall–Kier alpha value is -1.75. The van der Waals surface area contributed by atoms with Crippen molar-refractivity contribution >= 4 is 23.7 Å². The smallest absolute Gasteiger partial charge is 0.407 e. The molecular weight excluding hydrogens is 294 g/mol. The summed E-state index contributed by atoms with van der Waals surface area (Å²) >= 11 is 5.89. The number of amides is 1. The Labute approximate surface area is 129 Å². The zero-order valence-electron chi connectivity index (χ0n) is 12.3. The molecule has 0 fully saturated rings. The first-order valence-electron chi connectivity index (χ1n) is 6.59. The highest BCUT2D eigenvalue weighted by Crippen LogP contribution is 2.14. The highest BCUT2D eigenvalue weighted by molar-refractivity contribution is 6.30. The molecule has 0 aliphatic heterocycles. The van der Waals surface area contributed by atoms with Crippen molar-refractivity contribution in [3.05, 3.63) is 34.9 Å². The molecular formula is C15H19ClNO4-. The van der Waals surface area contributed by atoms with Crippen molar-refractivity contribution < 1.29 is 19.4 Å². The number of benzene rings is 1. The van der Waals surface area contributed by atoms with Gasteiger partial charge in [0, 0.05) is 23.5 Å². The van der Waals surface area contributed by atoms with Gasteiger partial charge in [-0.3, -0.25) is 0 Å². The summed E-state index contributed by atoms with van der Waals surface area (Å²) in [6, 6.07) is 6.40. The predicted octanol–water partition coefficient (Wildman–Crippen LogP) is 1.92. The first-order chi connectivity index (χ1) is 9.65. The number of carbonyl (C=O) groups excluding carboxylic acids is 2. The van der Waals surface area contributed by atoms with Crippen LogP contribution in [0.2, 0.25) is 5.02 Å². The number of carbonyl (C=O) groups is 2. The fourth-order valence-corrected chi connectivity index (χ4v) is 2.01. The molecule has 1 aromatic carbocycles. The summed E-state index contributed by atoms with van der Waals surface area (Å²) in [5.74, 6) is -1.24. The van der Waals surface area contributed by atoms with Crippen molar-refractivity contribution in [3.8, 4) is 0 Å². The summed E-state index contributed by atoms with van der Waals surface area (Å²) in [6.45, 7) is 5.20. The van der Waals surface area contributed by atoms with Gasteiger partial charge in [-0.1, -0.05) is 23.7 Å². The van der Waals surface area contributed by atoms with Gasteiger partial charge in [0.25, 0.3) is 0 Å². The van der Waals surface area contributed by atoms with Crippen LogP contribution in [0, 0.1) is 0 Å². The molecule has 0 unspecified atom stereocenters. The molecule has 21 heavy (non-hydrogen) atoms. The fraction of sp³-hybridized carbons (Fsp3) is 0.467. The molecule has 0 bridgehead atoms. The van der Waals surface area contributed by atoms with Gasteiger partial charge in [0.2, 0.25) is 0 Å².